The first-order valence-electron chi connectivity index (χ1n) is 7.38. The number of hydrogen-bond acceptors (Lipinski definition) is 5. The Balaban J connectivity index is 2.35. The number of benzene rings is 1. The average molecular weight is 324 g/mol. The first-order chi connectivity index (χ1) is 11.1. The van der Waals surface area contributed by atoms with Crippen LogP contribution in [0.1, 0.15) is 12.0 Å². The summed E-state index contributed by atoms with van der Waals surface area (Å²) >= 11 is 0. The van der Waals surface area contributed by atoms with E-state index >= 15 is 0 Å². The van der Waals surface area contributed by atoms with E-state index in [0.717, 1.165) is 5.56 Å². The van der Waals surface area contributed by atoms with Gasteiger partial charge in [-0.25, -0.2) is 0 Å². The van der Waals surface area contributed by atoms with Crippen LogP contribution in [-0.2, 0) is 20.7 Å². The maximum absolute atomic E-state index is 11.6. The summed E-state index contributed by atoms with van der Waals surface area (Å²) in [4.78, 5) is 23.2. The van der Waals surface area contributed by atoms with Crippen LogP contribution in [0.5, 0.6) is 11.5 Å². The maximum Gasteiger partial charge on any atom is 0.309 e. The van der Waals surface area contributed by atoms with Crippen molar-refractivity contribution >= 4 is 11.8 Å². The zero-order valence-electron chi connectivity index (χ0n) is 13.8. The molecular weight excluding hydrogens is 300 g/mol. The Labute approximate surface area is 136 Å². The summed E-state index contributed by atoms with van der Waals surface area (Å²) in [5.41, 5.74) is 0.975. The molecule has 0 saturated carbocycles. The first-order valence-corrected chi connectivity index (χ1v) is 7.38. The number of rotatable bonds is 9. The van der Waals surface area contributed by atoms with Crippen LogP contribution < -0.4 is 20.1 Å². The molecule has 0 aliphatic rings. The fourth-order valence-corrected chi connectivity index (χ4v) is 1.94. The Morgan fingerprint density at radius 2 is 1.61 bits per heavy atom. The van der Waals surface area contributed by atoms with Gasteiger partial charge >= 0.3 is 11.8 Å². The lowest BCUT2D eigenvalue weighted by Crippen LogP contribution is -2.41. The molecule has 0 aliphatic heterocycles. The molecule has 0 aliphatic carbocycles. The van der Waals surface area contributed by atoms with Crippen LogP contribution in [0, 0.1) is 0 Å². The number of methoxy groups -OCH3 is 3. The fraction of sp³-hybridized carbons (Fsp3) is 0.500. The van der Waals surface area contributed by atoms with Crippen molar-refractivity contribution in [1.29, 1.82) is 0 Å². The molecule has 1 aromatic rings. The third-order valence-electron chi connectivity index (χ3n) is 3.16. The van der Waals surface area contributed by atoms with Crippen molar-refractivity contribution in [3.8, 4) is 11.5 Å². The number of hydrogen-bond donors (Lipinski definition) is 2. The van der Waals surface area contributed by atoms with Gasteiger partial charge in [-0.15, -0.1) is 0 Å². The van der Waals surface area contributed by atoms with Gasteiger partial charge in [0.1, 0.15) is 0 Å². The molecule has 0 radical (unpaired) electrons. The minimum Gasteiger partial charge on any atom is -0.493 e. The highest BCUT2D eigenvalue weighted by Gasteiger charge is 2.12. The van der Waals surface area contributed by atoms with E-state index in [1.807, 2.05) is 12.1 Å². The number of carbonyl (C=O) groups excluding carboxylic acids is 2. The third kappa shape index (κ3) is 6.56. The summed E-state index contributed by atoms with van der Waals surface area (Å²) in [6.07, 6.45) is 1.25. The minimum absolute atomic E-state index is 0.361. The van der Waals surface area contributed by atoms with Gasteiger partial charge in [0.25, 0.3) is 0 Å². The summed E-state index contributed by atoms with van der Waals surface area (Å²) < 4.78 is 15.2. The molecule has 7 nitrogen and oxygen atoms in total. The standard InChI is InChI=1S/C16H24N2O5/c1-21-10-4-8-17-15(19)16(20)18-9-7-12-5-6-13(22-2)14(11-12)23-3/h5-6,11H,4,7-10H2,1-3H3,(H,17,19)(H,18,20). The second-order valence-corrected chi connectivity index (χ2v) is 4.80. The molecular formula is C16H24N2O5. The number of nitrogens with one attached hydrogen (secondary N) is 2. The average Bonchev–Trinajstić information content (AvgIpc) is 2.58. The molecule has 0 bridgehead atoms. The summed E-state index contributed by atoms with van der Waals surface area (Å²) in [6.45, 7) is 1.32. The lowest BCUT2D eigenvalue weighted by molar-refractivity contribution is -0.139. The molecule has 0 heterocycles. The molecule has 0 saturated heterocycles. The van der Waals surface area contributed by atoms with E-state index < -0.39 is 11.8 Å². The van der Waals surface area contributed by atoms with Crippen molar-refractivity contribution in [2.24, 2.45) is 0 Å². The lowest BCUT2D eigenvalue weighted by atomic mass is 10.1. The van der Waals surface area contributed by atoms with Crippen molar-refractivity contribution in [2.45, 2.75) is 12.8 Å². The number of carbonyl (C=O) groups is 2. The third-order valence-corrected chi connectivity index (χ3v) is 3.16. The van der Waals surface area contributed by atoms with Crippen LogP contribution in [0.25, 0.3) is 0 Å². The molecule has 1 rings (SSSR count). The van der Waals surface area contributed by atoms with Gasteiger partial charge in [0.15, 0.2) is 11.5 Å². The van der Waals surface area contributed by atoms with E-state index in [1.54, 1.807) is 27.4 Å². The second-order valence-electron chi connectivity index (χ2n) is 4.80. The van der Waals surface area contributed by atoms with Gasteiger partial charge in [-0.3, -0.25) is 9.59 Å². The Bertz CT molecular complexity index is 519. The second kappa shape index (κ2) is 10.4. The molecule has 2 N–H and O–H groups in total. The zero-order chi connectivity index (χ0) is 17.1. The van der Waals surface area contributed by atoms with Crippen LogP contribution in [-0.4, -0.2) is 52.8 Å². The van der Waals surface area contributed by atoms with Crippen LogP contribution in [0.15, 0.2) is 18.2 Å². The van der Waals surface area contributed by atoms with Crippen molar-refractivity contribution in [3.05, 3.63) is 23.8 Å². The van der Waals surface area contributed by atoms with E-state index in [1.165, 1.54) is 0 Å². The predicted molar refractivity (Wildman–Crippen MR) is 85.8 cm³/mol. The van der Waals surface area contributed by atoms with Crippen LogP contribution >= 0.6 is 0 Å². The SMILES string of the molecule is COCCCNC(=O)C(=O)NCCc1ccc(OC)c(OC)c1. The Hall–Kier alpha value is -2.28. The first kappa shape index (κ1) is 18.8. The van der Waals surface area contributed by atoms with E-state index in [9.17, 15) is 9.59 Å². The molecule has 0 aromatic heterocycles. The molecule has 7 heteroatoms. The molecule has 0 atom stereocenters. The van der Waals surface area contributed by atoms with E-state index in [4.69, 9.17) is 14.2 Å². The predicted octanol–water partition coefficient (Wildman–Crippen LogP) is 0.515. The summed E-state index contributed by atoms with van der Waals surface area (Å²) in [5, 5.41) is 5.12. The van der Waals surface area contributed by atoms with Crippen molar-refractivity contribution < 1.29 is 23.8 Å². The largest absolute Gasteiger partial charge is 0.493 e. The lowest BCUT2D eigenvalue weighted by Gasteiger charge is -2.10. The molecule has 23 heavy (non-hydrogen) atoms. The van der Waals surface area contributed by atoms with Crippen LogP contribution in [0.4, 0.5) is 0 Å². The summed E-state index contributed by atoms with van der Waals surface area (Å²) in [7, 11) is 4.73. The van der Waals surface area contributed by atoms with Crippen molar-refractivity contribution in [1.82, 2.24) is 10.6 Å². The van der Waals surface area contributed by atoms with E-state index in [2.05, 4.69) is 10.6 Å². The Morgan fingerprint density at radius 3 is 2.22 bits per heavy atom. The topological polar surface area (TPSA) is 85.9 Å². The molecule has 2 amide bonds. The molecule has 0 unspecified atom stereocenters. The molecule has 0 fully saturated rings. The van der Waals surface area contributed by atoms with Crippen LogP contribution in [0.2, 0.25) is 0 Å². The summed E-state index contributed by atoms with van der Waals surface area (Å²) in [6, 6.07) is 5.53. The Morgan fingerprint density at radius 1 is 0.957 bits per heavy atom. The summed E-state index contributed by atoms with van der Waals surface area (Å²) in [5.74, 6) is 0.0132. The number of amides is 2. The quantitative estimate of drug-likeness (QED) is 0.511. The van der Waals surface area contributed by atoms with Gasteiger partial charge in [-0.1, -0.05) is 6.07 Å². The van der Waals surface area contributed by atoms with Gasteiger partial charge in [0, 0.05) is 26.8 Å². The molecule has 0 spiro atoms. The number of ether oxygens (including phenoxy) is 3. The monoisotopic (exact) mass is 324 g/mol. The zero-order valence-corrected chi connectivity index (χ0v) is 13.8. The van der Waals surface area contributed by atoms with Crippen LogP contribution in [0.3, 0.4) is 0 Å². The molecule has 128 valence electrons. The maximum atomic E-state index is 11.6. The van der Waals surface area contributed by atoms with Crippen molar-refractivity contribution in [2.75, 3.05) is 41.0 Å². The highest BCUT2D eigenvalue weighted by atomic mass is 16.5. The van der Waals surface area contributed by atoms with Gasteiger partial charge in [0.05, 0.1) is 14.2 Å². The van der Waals surface area contributed by atoms with Crippen molar-refractivity contribution in [3.63, 3.8) is 0 Å². The van der Waals surface area contributed by atoms with E-state index in [-0.39, 0.29) is 0 Å². The highest BCUT2D eigenvalue weighted by molar-refractivity contribution is 6.35. The molecule has 1 aromatic carbocycles. The van der Waals surface area contributed by atoms with Gasteiger partial charge in [-0.2, -0.15) is 0 Å². The minimum atomic E-state index is -0.636. The normalized spacial score (nSPS) is 10.0. The Kier molecular flexibility index (Phi) is 8.52. The highest BCUT2D eigenvalue weighted by Crippen LogP contribution is 2.27. The van der Waals surface area contributed by atoms with E-state index in [0.29, 0.717) is 44.0 Å². The smallest absolute Gasteiger partial charge is 0.309 e. The van der Waals surface area contributed by atoms with Gasteiger partial charge in [0.2, 0.25) is 0 Å². The fourth-order valence-electron chi connectivity index (χ4n) is 1.94. The van der Waals surface area contributed by atoms with Gasteiger partial charge < -0.3 is 24.8 Å². The van der Waals surface area contributed by atoms with Gasteiger partial charge in [-0.05, 0) is 30.5 Å².